The predicted octanol–water partition coefficient (Wildman–Crippen LogP) is 6.12. The second kappa shape index (κ2) is 11.0. The number of rotatable bonds is 4. The molecule has 0 radical (unpaired) electrons. The molecule has 0 atom stereocenters. The van der Waals surface area contributed by atoms with Gasteiger partial charge in [-0.3, -0.25) is 4.79 Å². The van der Waals surface area contributed by atoms with E-state index in [1.54, 1.807) is 17.2 Å². The Kier molecular flexibility index (Phi) is 7.99. The summed E-state index contributed by atoms with van der Waals surface area (Å²) in [5.74, 6) is 0.481. The van der Waals surface area contributed by atoms with Crippen LogP contribution in [0.2, 0.25) is 0 Å². The zero-order valence-electron chi connectivity index (χ0n) is 21.9. The number of pyridine rings is 1. The van der Waals surface area contributed by atoms with Crippen molar-refractivity contribution >= 4 is 29.1 Å². The van der Waals surface area contributed by atoms with Crippen LogP contribution >= 0.6 is 0 Å². The molecule has 1 aliphatic carbocycles. The van der Waals surface area contributed by atoms with Crippen molar-refractivity contribution in [2.24, 2.45) is 0 Å². The van der Waals surface area contributed by atoms with Gasteiger partial charge in [0.05, 0.1) is 17.4 Å². The fourth-order valence-corrected chi connectivity index (χ4v) is 4.63. The van der Waals surface area contributed by atoms with Crippen LogP contribution in [0.3, 0.4) is 0 Å². The van der Waals surface area contributed by atoms with Gasteiger partial charge in [0.2, 0.25) is 0 Å². The standard InChI is InChI=1S/C28H33F3N4O3/c1-27(2,3)38-26(37)35-16-14-34(15-17-35)24-13-12-21(18-32-24)33-25(36)23-7-5-4-6-22(23)19-8-10-20(11-9-19)28(29,30)31/h8-13,18H,4-7,14-17H2,1-3H3,(H,33,36). The Bertz CT molecular complexity index is 1180. The van der Waals surface area contributed by atoms with Gasteiger partial charge in [-0.1, -0.05) is 12.1 Å². The Balaban J connectivity index is 1.39. The summed E-state index contributed by atoms with van der Waals surface area (Å²) in [5, 5.41) is 2.89. The molecule has 1 saturated heterocycles. The maximum absolute atomic E-state index is 13.1. The molecule has 1 aromatic heterocycles. The molecule has 2 amide bonds. The van der Waals surface area contributed by atoms with Gasteiger partial charge in [0.1, 0.15) is 11.4 Å². The quantitative estimate of drug-likeness (QED) is 0.515. The largest absolute Gasteiger partial charge is 0.444 e. The lowest BCUT2D eigenvalue weighted by Crippen LogP contribution is -2.50. The summed E-state index contributed by atoms with van der Waals surface area (Å²) in [6, 6.07) is 8.60. The van der Waals surface area contributed by atoms with E-state index < -0.39 is 17.3 Å². The predicted molar refractivity (Wildman–Crippen MR) is 140 cm³/mol. The fraction of sp³-hybridized carbons (Fsp3) is 0.464. The molecule has 0 spiro atoms. The smallest absolute Gasteiger partial charge is 0.416 e. The van der Waals surface area contributed by atoms with Crippen molar-refractivity contribution < 1.29 is 27.5 Å². The monoisotopic (exact) mass is 530 g/mol. The number of carbonyl (C=O) groups is 2. The first-order valence-corrected chi connectivity index (χ1v) is 12.8. The summed E-state index contributed by atoms with van der Waals surface area (Å²) in [7, 11) is 0. The summed E-state index contributed by atoms with van der Waals surface area (Å²) in [6.07, 6.45) is -0.199. The Labute approximate surface area is 220 Å². The van der Waals surface area contributed by atoms with Crippen molar-refractivity contribution in [3.63, 3.8) is 0 Å². The number of nitrogens with one attached hydrogen (secondary N) is 1. The van der Waals surface area contributed by atoms with Gasteiger partial charge in [-0.05, 0) is 81.9 Å². The molecular weight excluding hydrogens is 497 g/mol. The Morgan fingerprint density at radius 3 is 2.16 bits per heavy atom. The van der Waals surface area contributed by atoms with Crippen molar-refractivity contribution in [3.8, 4) is 0 Å². The Hall–Kier alpha value is -3.56. The minimum Gasteiger partial charge on any atom is -0.444 e. The van der Waals surface area contributed by atoms with Crippen LogP contribution in [0.1, 0.15) is 57.6 Å². The van der Waals surface area contributed by atoms with E-state index in [1.165, 1.54) is 12.1 Å². The molecule has 1 N–H and O–H groups in total. The van der Waals surface area contributed by atoms with E-state index in [2.05, 4.69) is 15.2 Å². The van der Waals surface area contributed by atoms with Crippen molar-refractivity contribution in [3.05, 3.63) is 59.3 Å². The highest BCUT2D eigenvalue weighted by Gasteiger charge is 2.30. The summed E-state index contributed by atoms with van der Waals surface area (Å²) >= 11 is 0. The van der Waals surface area contributed by atoms with Gasteiger partial charge in [-0.25, -0.2) is 9.78 Å². The zero-order chi connectivity index (χ0) is 27.5. The van der Waals surface area contributed by atoms with Crippen LogP contribution in [-0.2, 0) is 15.7 Å². The minimum absolute atomic E-state index is 0.264. The molecule has 0 bridgehead atoms. The number of allylic oxidation sites excluding steroid dienone is 1. The zero-order valence-corrected chi connectivity index (χ0v) is 21.9. The molecule has 2 heterocycles. The lowest BCUT2D eigenvalue weighted by molar-refractivity contribution is -0.137. The Morgan fingerprint density at radius 2 is 1.58 bits per heavy atom. The van der Waals surface area contributed by atoms with Crippen molar-refractivity contribution in [1.29, 1.82) is 0 Å². The molecule has 1 fully saturated rings. The average molecular weight is 531 g/mol. The summed E-state index contributed by atoms with van der Waals surface area (Å²) < 4.78 is 44.3. The summed E-state index contributed by atoms with van der Waals surface area (Å²) in [6.45, 7) is 7.79. The second-order valence-corrected chi connectivity index (χ2v) is 10.6. The van der Waals surface area contributed by atoms with Crippen LogP contribution in [0.25, 0.3) is 5.57 Å². The molecule has 1 aromatic carbocycles. The third-order valence-electron chi connectivity index (χ3n) is 6.56. The maximum Gasteiger partial charge on any atom is 0.416 e. The number of hydrogen-bond donors (Lipinski definition) is 1. The molecule has 2 aliphatic rings. The number of aromatic nitrogens is 1. The molecule has 10 heteroatoms. The van der Waals surface area contributed by atoms with Crippen molar-refractivity contribution in [2.75, 3.05) is 36.4 Å². The van der Waals surface area contributed by atoms with Crippen molar-refractivity contribution in [2.45, 2.75) is 58.2 Å². The molecule has 4 rings (SSSR count). The highest BCUT2D eigenvalue weighted by atomic mass is 19.4. The van der Waals surface area contributed by atoms with Gasteiger partial charge in [0, 0.05) is 31.8 Å². The molecule has 7 nitrogen and oxygen atoms in total. The van der Waals surface area contributed by atoms with Crippen LogP contribution in [-0.4, -0.2) is 53.7 Å². The van der Waals surface area contributed by atoms with E-state index in [4.69, 9.17) is 4.74 Å². The van der Waals surface area contributed by atoms with E-state index in [0.717, 1.165) is 36.4 Å². The first kappa shape index (κ1) is 27.5. The molecule has 1 aliphatic heterocycles. The van der Waals surface area contributed by atoms with Gasteiger partial charge in [-0.2, -0.15) is 13.2 Å². The molecule has 0 saturated carbocycles. The number of hydrogen-bond acceptors (Lipinski definition) is 5. The second-order valence-electron chi connectivity index (χ2n) is 10.6. The van der Waals surface area contributed by atoms with Crippen LogP contribution in [0.15, 0.2) is 48.2 Å². The van der Waals surface area contributed by atoms with Gasteiger partial charge in [0.25, 0.3) is 5.91 Å². The third-order valence-corrected chi connectivity index (χ3v) is 6.56. The number of nitrogens with zero attached hydrogens (tertiary/aromatic N) is 3. The number of alkyl halides is 3. The van der Waals surface area contributed by atoms with E-state index in [-0.39, 0.29) is 12.0 Å². The summed E-state index contributed by atoms with van der Waals surface area (Å²) in [4.78, 5) is 33.7. The number of piperazine rings is 1. The lowest BCUT2D eigenvalue weighted by atomic mass is 9.86. The number of anilines is 2. The van der Waals surface area contributed by atoms with Crippen LogP contribution in [0.5, 0.6) is 0 Å². The van der Waals surface area contributed by atoms with Gasteiger partial charge in [-0.15, -0.1) is 0 Å². The molecule has 0 unspecified atom stereocenters. The van der Waals surface area contributed by atoms with Crippen LogP contribution < -0.4 is 10.2 Å². The normalized spacial score (nSPS) is 16.9. The van der Waals surface area contributed by atoms with Crippen molar-refractivity contribution in [1.82, 2.24) is 9.88 Å². The average Bonchev–Trinajstić information content (AvgIpc) is 2.88. The highest BCUT2D eigenvalue weighted by Crippen LogP contribution is 2.35. The van der Waals surface area contributed by atoms with E-state index in [1.807, 2.05) is 26.8 Å². The molecule has 38 heavy (non-hydrogen) atoms. The molecule has 204 valence electrons. The first-order chi connectivity index (χ1) is 17.9. The van der Waals surface area contributed by atoms with Crippen LogP contribution in [0.4, 0.5) is 29.5 Å². The maximum atomic E-state index is 13.1. The fourth-order valence-electron chi connectivity index (χ4n) is 4.63. The minimum atomic E-state index is -4.40. The topological polar surface area (TPSA) is 74.8 Å². The van der Waals surface area contributed by atoms with E-state index >= 15 is 0 Å². The first-order valence-electron chi connectivity index (χ1n) is 12.8. The molecular formula is C28H33F3N4O3. The van der Waals surface area contributed by atoms with Gasteiger partial charge >= 0.3 is 12.3 Å². The number of amides is 2. The lowest BCUT2D eigenvalue weighted by Gasteiger charge is -2.36. The third kappa shape index (κ3) is 6.85. The Morgan fingerprint density at radius 1 is 0.921 bits per heavy atom. The highest BCUT2D eigenvalue weighted by molar-refractivity contribution is 6.09. The van der Waals surface area contributed by atoms with Gasteiger partial charge in [0.15, 0.2) is 0 Å². The number of ether oxygens (including phenoxy) is 1. The molecule has 2 aromatic rings. The van der Waals surface area contributed by atoms with Crippen LogP contribution in [0, 0.1) is 0 Å². The van der Waals surface area contributed by atoms with E-state index in [0.29, 0.717) is 55.8 Å². The number of benzene rings is 1. The number of halogens is 3. The van der Waals surface area contributed by atoms with E-state index in [9.17, 15) is 22.8 Å². The van der Waals surface area contributed by atoms with Gasteiger partial charge < -0.3 is 19.9 Å². The SMILES string of the molecule is CC(C)(C)OC(=O)N1CCN(c2ccc(NC(=O)C3=C(c4ccc(C(F)(F)F)cc4)CCCC3)cn2)CC1. The summed E-state index contributed by atoms with van der Waals surface area (Å²) in [5.41, 5.74) is 1.31. The number of carbonyl (C=O) groups excluding carboxylic acids is 2.